The van der Waals surface area contributed by atoms with Crippen molar-refractivity contribution in [3.05, 3.63) is 65.7 Å². The van der Waals surface area contributed by atoms with Crippen LogP contribution in [0.1, 0.15) is 17.0 Å². The van der Waals surface area contributed by atoms with Crippen LogP contribution in [0.3, 0.4) is 0 Å². The fourth-order valence-corrected chi connectivity index (χ4v) is 3.63. The lowest BCUT2D eigenvalue weighted by Gasteiger charge is -2.30. The lowest BCUT2D eigenvalue weighted by molar-refractivity contribution is 0.585. The average molecular weight is 453 g/mol. The maximum atomic E-state index is 4.30. The number of fused-ring (bicyclic) bond motifs is 1. The van der Waals surface area contributed by atoms with Gasteiger partial charge in [-0.3, -0.25) is 4.99 Å². The third-order valence-corrected chi connectivity index (χ3v) is 5.12. The van der Waals surface area contributed by atoms with Crippen LogP contribution < -0.4 is 10.6 Å². The molecule has 0 fully saturated rings. The molecule has 2 N–H and O–H groups in total. The van der Waals surface area contributed by atoms with Gasteiger partial charge >= 0.3 is 0 Å². The molecule has 3 rings (SSSR count). The molecular weight excluding hydrogens is 429 g/mol. The van der Waals surface area contributed by atoms with Crippen LogP contribution in [-0.4, -0.2) is 31.8 Å². The zero-order valence-corrected chi connectivity index (χ0v) is 17.0. The fourth-order valence-electron chi connectivity index (χ4n) is 2.84. The summed E-state index contributed by atoms with van der Waals surface area (Å²) in [6, 6.07) is 19.2. The van der Waals surface area contributed by atoms with E-state index in [0.29, 0.717) is 5.92 Å². The molecule has 2 aromatic rings. The smallest absolute Gasteiger partial charge is 0.191 e. The van der Waals surface area contributed by atoms with E-state index >= 15 is 0 Å². The summed E-state index contributed by atoms with van der Waals surface area (Å²) >= 11 is 1.86. The van der Waals surface area contributed by atoms with Gasteiger partial charge in [-0.05, 0) is 29.7 Å². The predicted molar refractivity (Wildman–Crippen MR) is 115 cm³/mol. The molecule has 0 saturated heterocycles. The summed E-state index contributed by atoms with van der Waals surface area (Å²) in [6.45, 7) is 1.85. The molecule has 1 atom stereocenters. The number of nitrogens with one attached hydrogen (secondary N) is 2. The normalized spacial score (nSPS) is 15.7. The largest absolute Gasteiger partial charge is 0.356 e. The van der Waals surface area contributed by atoms with Gasteiger partial charge in [0.15, 0.2) is 5.96 Å². The van der Waals surface area contributed by atoms with E-state index in [1.54, 1.807) is 0 Å². The molecule has 3 nitrogen and oxygen atoms in total. The Morgan fingerprint density at radius 1 is 1.08 bits per heavy atom. The first-order chi connectivity index (χ1) is 11.4. The molecule has 0 aromatic heterocycles. The monoisotopic (exact) mass is 453 g/mol. The average Bonchev–Trinajstić information content (AvgIpc) is 2.58. The zero-order chi connectivity index (χ0) is 15.9. The van der Waals surface area contributed by atoms with Crippen molar-refractivity contribution in [3.8, 4) is 0 Å². The highest BCUT2D eigenvalue weighted by Gasteiger charge is 2.25. The Labute approximate surface area is 165 Å². The minimum Gasteiger partial charge on any atom is -0.356 e. The van der Waals surface area contributed by atoms with Crippen molar-refractivity contribution in [2.75, 3.05) is 25.9 Å². The van der Waals surface area contributed by atoms with Crippen molar-refractivity contribution in [2.45, 2.75) is 17.2 Å². The van der Waals surface area contributed by atoms with Gasteiger partial charge in [0.05, 0.1) is 0 Å². The van der Waals surface area contributed by atoms with Crippen molar-refractivity contribution < 1.29 is 0 Å². The summed E-state index contributed by atoms with van der Waals surface area (Å²) in [5.74, 6) is 2.53. The first kappa shape index (κ1) is 19.1. The Bertz CT molecular complexity index is 661. The van der Waals surface area contributed by atoms with Crippen LogP contribution in [0.2, 0.25) is 0 Å². The molecule has 0 spiro atoms. The molecule has 24 heavy (non-hydrogen) atoms. The molecule has 1 unspecified atom stereocenters. The molecule has 0 bridgehead atoms. The van der Waals surface area contributed by atoms with Gasteiger partial charge in [0, 0.05) is 36.7 Å². The van der Waals surface area contributed by atoms with Crippen molar-refractivity contribution >= 4 is 41.7 Å². The minimum absolute atomic E-state index is 0. The van der Waals surface area contributed by atoms with Gasteiger partial charge in [-0.15, -0.1) is 35.7 Å². The lowest BCUT2D eigenvalue weighted by Crippen LogP contribution is -2.41. The quantitative estimate of drug-likeness (QED) is 0.229. The highest BCUT2D eigenvalue weighted by molar-refractivity contribution is 14.0. The molecule has 0 radical (unpaired) electrons. The summed E-state index contributed by atoms with van der Waals surface area (Å²) in [6.07, 6.45) is 1.17. The Hall–Kier alpha value is -1.21. The van der Waals surface area contributed by atoms with Crippen LogP contribution in [0.15, 0.2) is 64.5 Å². The van der Waals surface area contributed by atoms with Crippen LogP contribution in [-0.2, 0) is 6.42 Å². The number of aliphatic imine (C=N–C) groups is 1. The Balaban J connectivity index is 0.00000208. The standard InChI is InChI=1S/C19H23N3S.HI/c1-20-19(21-11-12-23-17-8-3-2-4-9-17)22-14-16-13-15-7-5-6-10-18(15)16;/h2-10,16H,11-14H2,1H3,(H2,20,21,22);1H. The maximum Gasteiger partial charge on any atom is 0.191 e. The minimum atomic E-state index is 0. The van der Waals surface area contributed by atoms with Gasteiger partial charge in [-0.25, -0.2) is 0 Å². The molecule has 0 aliphatic heterocycles. The molecule has 0 amide bonds. The molecule has 5 heteroatoms. The van der Waals surface area contributed by atoms with Crippen molar-refractivity contribution in [1.82, 2.24) is 10.6 Å². The highest BCUT2D eigenvalue weighted by atomic mass is 127. The van der Waals surface area contributed by atoms with Crippen LogP contribution in [0.25, 0.3) is 0 Å². The second kappa shape index (κ2) is 9.93. The second-order valence-electron chi connectivity index (χ2n) is 5.64. The number of halogens is 1. The summed E-state index contributed by atoms with van der Waals surface area (Å²) in [5.41, 5.74) is 2.97. The second-order valence-corrected chi connectivity index (χ2v) is 6.81. The van der Waals surface area contributed by atoms with E-state index in [1.807, 2.05) is 24.9 Å². The third-order valence-electron chi connectivity index (χ3n) is 4.11. The molecular formula is C19H24IN3S. The summed E-state index contributed by atoms with van der Waals surface area (Å²) < 4.78 is 0. The van der Waals surface area contributed by atoms with Gasteiger partial charge in [0.25, 0.3) is 0 Å². The van der Waals surface area contributed by atoms with E-state index in [0.717, 1.165) is 24.8 Å². The number of hydrogen-bond donors (Lipinski definition) is 2. The Morgan fingerprint density at radius 3 is 2.58 bits per heavy atom. The zero-order valence-electron chi connectivity index (χ0n) is 13.9. The van der Waals surface area contributed by atoms with Crippen LogP contribution >= 0.6 is 35.7 Å². The first-order valence-corrected chi connectivity index (χ1v) is 9.05. The summed E-state index contributed by atoms with van der Waals surface area (Å²) in [4.78, 5) is 5.61. The SMILES string of the molecule is CN=C(NCCSc1ccccc1)NCC1Cc2ccccc21.I. The lowest BCUT2D eigenvalue weighted by atomic mass is 9.78. The van der Waals surface area contributed by atoms with Crippen LogP contribution in [0, 0.1) is 0 Å². The topological polar surface area (TPSA) is 36.4 Å². The molecule has 1 aliphatic rings. The summed E-state index contributed by atoms with van der Waals surface area (Å²) in [5, 5.41) is 6.83. The predicted octanol–water partition coefficient (Wildman–Crippen LogP) is 3.90. The van der Waals surface area contributed by atoms with E-state index in [9.17, 15) is 0 Å². The van der Waals surface area contributed by atoms with Crippen molar-refractivity contribution in [2.24, 2.45) is 4.99 Å². The van der Waals surface area contributed by atoms with E-state index in [4.69, 9.17) is 0 Å². The van der Waals surface area contributed by atoms with Crippen molar-refractivity contribution in [3.63, 3.8) is 0 Å². The van der Waals surface area contributed by atoms with Gasteiger partial charge in [0.2, 0.25) is 0 Å². The molecule has 2 aromatic carbocycles. The molecule has 128 valence electrons. The summed E-state index contributed by atoms with van der Waals surface area (Å²) in [7, 11) is 1.83. The number of rotatable bonds is 6. The van der Waals surface area contributed by atoms with E-state index in [1.165, 1.54) is 22.4 Å². The Morgan fingerprint density at radius 2 is 1.83 bits per heavy atom. The van der Waals surface area contributed by atoms with E-state index in [2.05, 4.69) is 64.2 Å². The molecule has 0 saturated carbocycles. The van der Waals surface area contributed by atoms with Gasteiger partial charge in [-0.2, -0.15) is 0 Å². The first-order valence-electron chi connectivity index (χ1n) is 8.07. The van der Waals surface area contributed by atoms with Gasteiger partial charge < -0.3 is 10.6 Å². The van der Waals surface area contributed by atoms with Gasteiger partial charge in [-0.1, -0.05) is 42.5 Å². The number of hydrogen-bond acceptors (Lipinski definition) is 2. The number of guanidine groups is 1. The number of thioether (sulfide) groups is 1. The molecule has 0 heterocycles. The molecule has 1 aliphatic carbocycles. The highest BCUT2D eigenvalue weighted by Crippen LogP contribution is 2.33. The third kappa shape index (κ3) is 5.14. The van der Waals surface area contributed by atoms with Crippen LogP contribution in [0.4, 0.5) is 0 Å². The maximum absolute atomic E-state index is 4.30. The fraction of sp³-hybridized carbons (Fsp3) is 0.316. The number of nitrogens with zero attached hydrogens (tertiary/aromatic N) is 1. The number of benzene rings is 2. The van der Waals surface area contributed by atoms with Crippen molar-refractivity contribution in [1.29, 1.82) is 0 Å². The van der Waals surface area contributed by atoms with E-state index in [-0.39, 0.29) is 24.0 Å². The Kier molecular flexibility index (Phi) is 7.91. The van der Waals surface area contributed by atoms with Gasteiger partial charge in [0.1, 0.15) is 0 Å². The van der Waals surface area contributed by atoms with E-state index < -0.39 is 0 Å². The van der Waals surface area contributed by atoms with Crippen LogP contribution in [0.5, 0.6) is 0 Å².